The van der Waals surface area contributed by atoms with Crippen LogP contribution in [0.4, 0.5) is 0 Å². The zero-order valence-electron chi connectivity index (χ0n) is 11.5. The van der Waals surface area contributed by atoms with E-state index in [0.717, 1.165) is 18.4 Å². The first-order chi connectivity index (χ1) is 9.44. The number of benzene rings is 1. The van der Waals surface area contributed by atoms with Crippen molar-refractivity contribution in [3.63, 3.8) is 0 Å². The second-order valence-electron chi connectivity index (χ2n) is 5.06. The minimum absolute atomic E-state index is 0.421. The molecule has 0 saturated heterocycles. The largest absolute Gasteiger partial charge is 0.337 e. The normalized spacial score (nSPS) is 14.2. The first-order valence-electron chi connectivity index (χ1n) is 6.49. The van der Waals surface area contributed by atoms with Crippen molar-refractivity contribution < 1.29 is 4.52 Å². The summed E-state index contributed by atoms with van der Waals surface area (Å²) in [4.78, 5) is 4.36. The molecule has 1 heterocycles. The highest BCUT2D eigenvalue weighted by atomic mass is 35.5. The van der Waals surface area contributed by atoms with Gasteiger partial charge in [-0.3, -0.25) is 0 Å². The third-order valence-electron chi connectivity index (χ3n) is 3.12. The van der Waals surface area contributed by atoms with Gasteiger partial charge in [0.15, 0.2) is 5.82 Å². The van der Waals surface area contributed by atoms with Gasteiger partial charge in [-0.2, -0.15) is 4.98 Å². The SMILES string of the molecule is CCCC(C)(N)c1nc(Cc2c(Cl)cccc2Cl)no1. The molecule has 4 nitrogen and oxygen atoms in total. The molecular weight excluding hydrogens is 297 g/mol. The molecule has 0 fully saturated rings. The third-order valence-corrected chi connectivity index (χ3v) is 3.83. The van der Waals surface area contributed by atoms with Gasteiger partial charge in [0.2, 0.25) is 5.89 Å². The lowest BCUT2D eigenvalue weighted by Crippen LogP contribution is -2.33. The van der Waals surface area contributed by atoms with Crippen LogP contribution in [0.3, 0.4) is 0 Å². The highest BCUT2D eigenvalue weighted by molar-refractivity contribution is 6.36. The summed E-state index contributed by atoms with van der Waals surface area (Å²) in [6.07, 6.45) is 2.15. The molecular formula is C14H17Cl2N3O. The Hall–Kier alpha value is -1.10. The molecule has 108 valence electrons. The highest BCUT2D eigenvalue weighted by Crippen LogP contribution is 2.27. The lowest BCUT2D eigenvalue weighted by Gasteiger charge is -2.18. The maximum absolute atomic E-state index is 6.17. The van der Waals surface area contributed by atoms with Gasteiger partial charge < -0.3 is 10.3 Å². The number of halogens is 2. The summed E-state index contributed by atoms with van der Waals surface area (Å²) < 4.78 is 5.26. The van der Waals surface area contributed by atoms with Crippen molar-refractivity contribution in [2.75, 3.05) is 0 Å². The zero-order valence-corrected chi connectivity index (χ0v) is 13.0. The van der Waals surface area contributed by atoms with Gasteiger partial charge in [-0.15, -0.1) is 0 Å². The van der Waals surface area contributed by atoms with Gasteiger partial charge in [0.25, 0.3) is 0 Å². The van der Waals surface area contributed by atoms with E-state index < -0.39 is 5.54 Å². The summed E-state index contributed by atoms with van der Waals surface area (Å²) in [5.74, 6) is 0.973. The molecule has 0 aliphatic heterocycles. The van der Waals surface area contributed by atoms with E-state index in [0.29, 0.717) is 28.2 Å². The first-order valence-corrected chi connectivity index (χ1v) is 7.24. The number of rotatable bonds is 5. The summed E-state index contributed by atoms with van der Waals surface area (Å²) in [5, 5.41) is 5.14. The van der Waals surface area contributed by atoms with E-state index in [1.54, 1.807) is 18.2 Å². The van der Waals surface area contributed by atoms with Crippen LogP contribution in [0.25, 0.3) is 0 Å². The van der Waals surface area contributed by atoms with Crippen molar-refractivity contribution in [2.24, 2.45) is 5.73 Å². The minimum atomic E-state index is -0.607. The number of hydrogen-bond acceptors (Lipinski definition) is 4. The molecule has 1 unspecified atom stereocenters. The van der Waals surface area contributed by atoms with Gasteiger partial charge in [-0.25, -0.2) is 0 Å². The predicted molar refractivity (Wildman–Crippen MR) is 80.0 cm³/mol. The van der Waals surface area contributed by atoms with Crippen LogP contribution in [0.5, 0.6) is 0 Å². The van der Waals surface area contributed by atoms with Crippen LogP contribution in [0, 0.1) is 0 Å². The molecule has 0 radical (unpaired) electrons. The van der Waals surface area contributed by atoms with Crippen molar-refractivity contribution in [1.29, 1.82) is 0 Å². The highest BCUT2D eigenvalue weighted by Gasteiger charge is 2.27. The maximum Gasteiger partial charge on any atom is 0.246 e. The summed E-state index contributed by atoms with van der Waals surface area (Å²) >= 11 is 12.3. The van der Waals surface area contributed by atoms with Crippen LogP contribution in [0.2, 0.25) is 10.0 Å². The predicted octanol–water partition coefficient (Wildman–Crippen LogP) is 3.94. The Labute approximate surface area is 128 Å². The second kappa shape index (κ2) is 6.12. The Morgan fingerprint density at radius 1 is 1.30 bits per heavy atom. The molecule has 1 aromatic heterocycles. The summed E-state index contributed by atoms with van der Waals surface area (Å²) in [6, 6.07) is 5.37. The zero-order chi connectivity index (χ0) is 14.8. The fourth-order valence-corrected chi connectivity index (χ4v) is 2.57. The van der Waals surface area contributed by atoms with Crippen LogP contribution in [0.1, 0.15) is 44.0 Å². The van der Waals surface area contributed by atoms with Crippen LogP contribution in [0.15, 0.2) is 22.7 Å². The molecule has 2 aromatic rings. The monoisotopic (exact) mass is 313 g/mol. The molecule has 0 spiro atoms. The molecule has 0 aliphatic rings. The second-order valence-corrected chi connectivity index (χ2v) is 5.87. The van der Waals surface area contributed by atoms with Crippen LogP contribution in [-0.2, 0) is 12.0 Å². The van der Waals surface area contributed by atoms with E-state index >= 15 is 0 Å². The van der Waals surface area contributed by atoms with Crippen molar-refractivity contribution in [1.82, 2.24) is 10.1 Å². The quantitative estimate of drug-likeness (QED) is 0.908. The molecule has 2 rings (SSSR count). The van der Waals surface area contributed by atoms with Crippen LogP contribution < -0.4 is 5.73 Å². The van der Waals surface area contributed by atoms with Gasteiger partial charge in [0, 0.05) is 16.5 Å². The Kier molecular flexibility index (Phi) is 4.68. The van der Waals surface area contributed by atoms with Gasteiger partial charge in [0.05, 0.1) is 5.54 Å². The Balaban J connectivity index is 2.22. The molecule has 20 heavy (non-hydrogen) atoms. The van der Waals surface area contributed by atoms with E-state index in [1.807, 2.05) is 6.92 Å². The fourth-order valence-electron chi connectivity index (χ4n) is 2.04. The molecule has 6 heteroatoms. The average Bonchev–Trinajstić information content (AvgIpc) is 2.83. The third kappa shape index (κ3) is 3.32. The lowest BCUT2D eigenvalue weighted by molar-refractivity contribution is 0.282. The van der Waals surface area contributed by atoms with Crippen molar-refractivity contribution in [3.05, 3.63) is 45.5 Å². The molecule has 2 N–H and O–H groups in total. The van der Waals surface area contributed by atoms with Crippen molar-refractivity contribution in [3.8, 4) is 0 Å². The van der Waals surface area contributed by atoms with Gasteiger partial charge in [-0.1, -0.05) is 47.8 Å². The van der Waals surface area contributed by atoms with E-state index in [-0.39, 0.29) is 0 Å². The average molecular weight is 314 g/mol. The van der Waals surface area contributed by atoms with E-state index in [4.69, 9.17) is 33.5 Å². The molecule has 0 saturated carbocycles. The molecule has 0 amide bonds. The standard InChI is InChI=1S/C14H17Cl2N3O/c1-3-7-14(2,17)13-18-12(19-20-13)8-9-10(15)5-4-6-11(9)16/h4-6H,3,7-8,17H2,1-2H3. The van der Waals surface area contributed by atoms with Crippen molar-refractivity contribution in [2.45, 2.75) is 38.6 Å². The summed E-state index contributed by atoms with van der Waals surface area (Å²) in [5.41, 5.74) is 6.35. The van der Waals surface area contributed by atoms with E-state index in [1.165, 1.54) is 0 Å². The minimum Gasteiger partial charge on any atom is -0.337 e. The van der Waals surface area contributed by atoms with Crippen molar-refractivity contribution >= 4 is 23.2 Å². The number of nitrogens with two attached hydrogens (primary N) is 1. The Morgan fingerprint density at radius 2 is 1.95 bits per heavy atom. The molecule has 0 bridgehead atoms. The van der Waals surface area contributed by atoms with E-state index in [2.05, 4.69) is 17.1 Å². The number of aromatic nitrogens is 2. The molecule has 0 aliphatic carbocycles. The molecule has 1 atom stereocenters. The summed E-state index contributed by atoms with van der Waals surface area (Å²) in [7, 11) is 0. The number of hydrogen-bond donors (Lipinski definition) is 1. The van der Waals surface area contributed by atoms with Crippen LogP contribution >= 0.6 is 23.2 Å². The van der Waals surface area contributed by atoms with Gasteiger partial charge >= 0.3 is 0 Å². The Morgan fingerprint density at radius 3 is 2.55 bits per heavy atom. The van der Waals surface area contributed by atoms with Gasteiger partial charge in [0.1, 0.15) is 0 Å². The van der Waals surface area contributed by atoms with E-state index in [9.17, 15) is 0 Å². The van der Waals surface area contributed by atoms with Gasteiger partial charge in [-0.05, 0) is 31.0 Å². The topological polar surface area (TPSA) is 64.9 Å². The first kappa shape index (κ1) is 15.3. The Bertz CT molecular complexity index is 576. The fraction of sp³-hybridized carbons (Fsp3) is 0.429. The molecule has 1 aromatic carbocycles. The van der Waals surface area contributed by atoms with Crippen LogP contribution in [-0.4, -0.2) is 10.1 Å². The maximum atomic E-state index is 6.17. The number of nitrogens with zero attached hydrogens (tertiary/aromatic N) is 2. The lowest BCUT2D eigenvalue weighted by atomic mass is 9.98. The summed E-state index contributed by atoms with van der Waals surface area (Å²) in [6.45, 7) is 3.95. The smallest absolute Gasteiger partial charge is 0.246 e.